The third-order valence-corrected chi connectivity index (χ3v) is 6.61. The summed E-state index contributed by atoms with van der Waals surface area (Å²) in [5.74, 6) is -2.14. The number of hydrogen-bond donors (Lipinski definition) is 1. The van der Waals surface area contributed by atoms with Gasteiger partial charge in [-0.3, -0.25) is 9.69 Å². The van der Waals surface area contributed by atoms with Crippen LogP contribution in [0, 0.1) is 0 Å². The number of carbonyl (C=O) groups excluding carboxylic acids is 1. The molecule has 1 unspecified atom stereocenters. The number of amides is 1. The number of hydrogen-bond acceptors (Lipinski definition) is 5. The number of carbonyl (C=O) groups is 2. The maximum atomic E-state index is 12.7. The molecule has 2 aliphatic rings. The normalized spacial score (nSPS) is 30.9. The molecular weight excluding hydrogens is 381 g/mol. The fourth-order valence-electron chi connectivity index (χ4n) is 2.72. The summed E-state index contributed by atoms with van der Waals surface area (Å²) in [6, 6.07) is 0. The lowest BCUT2D eigenvalue weighted by Crippen LogP contribution is -2.72. The molecule has 124 valence electrons. The van der Waals surface area contributed by atoms with Crippen LogP contribution in [-0.2, 0) is 24.2 Å². The third kappa shape index (κ3) is 2.60. The van der Waals surface area contributed by atoms with Crippen LogP contribution in [0.4, 0.5) is 0 Å². The van der Waals surface area contributed by atoms with Gasteiger partial charge in [0.15, 0.2) is 25.1 Å². The molecule has 2 heterocycles. The van der Waals surface area contributed by atoms with Gasteiger partial charge in [-0.25, -0.2) is 13.2 Å². The Morgan fingerprint density at radius 3 is 2.36 bits per heavy atom. The first-order valence-electron chi connectivity index (χ1n) is 6.03. The summed E-state index contributed by atoms with van der Waals surface area (Å²) in [4.78, 5) is 24.1. The summed E-state index contributed by atoms with van der Waals surface area (Å²) < 4.78 is 28.3. The highest BCUT2D eigenvalue weighted by atomic mass is 35.6. The van der Waals surface area contributed by atoms with Gasteiger partial charge in [-0.15, -0.1) is 0 Å². The zero-order valence-electron chi connectivity index (χ0n) is 11.4. The standard InChI is InChI=1S/C11H12Cl3NO6S/c1-4-5(3-11(12,13)14)22(19,20)9-7(21-2)8(16)15(9)6(4)10(17)18/h5,7,9H,3H2,1-2H3,(H,17,18)/t5?,7-,9-/m0/s1. The highest BCUT2D eigenvalue weighted by molar-refractivity contribution is 7.93. The van der Waals surface area contributed by atoms with Crippen LogP contribution in [-0.4, -0.2) is 57.9 Å². The Balaban J connectivity index is 2.62. The summed E-state index contributed by atoms with van der Waals surface area (Å²) >= 11 is 17.0. The second-order valence-electron chi connectivity index (χ2n) is 4.99. The van der Waals surface area contributed by atoms with Crippen LogP contribution in [0.25, 0.3) is 0 Å². The molecule has 11 heteroatoms. The zero-order chi connectivity index (χ0) is 17.0. The van der Waals surface area contributed by atoms with Crippen LogP contribution in [0.5, 0.6) is 0 Å². The van der Waals surface area contributed by atoms with E-state index >= 15 is 0 Å². The number of β-lactam (4-membered cyclic amide) rings is 1. The lowest BCUT2D eigenvalue weighted by atomic mass is 10.0. The molecule has 22 heavy (non-hydrogen) atoms. The monoisotopic (exact) mass is 391 g/mol. The Labute approximate surface area is 141 Å². The van der Waals surface area contributed by atoms with E-state index in [-0.39, 0.29) is 5.57 Å². The van der Waals surface area contributed by atoms with Crippen molar-refractivity contribution in [3.63, 3.8) is 0 Å². The molecule has 2 rings (SSSR count). The fraction of sp³-hybridized carbons (Fsp3) is 0.636. The van der Waals surface area contributed by atoms with Crippen LogP contribution < -0.4 is 0 Å². The molecule has 7 nitrogen and oxygen atoms in total. The summed E-state index contributed by atoms with van der Waals surface area (Å²) in [7, 11) is -2.83. The van der Waals surface area contributed by atoms with Crippen molar-refractivity contribution in [2.24, 2.45) is 0 Å². The molecule has 0 aromatic carbocycles. The van der Waals surface area contributed by atoms with E-state index in [9.17, 15) is 23.1 Å². The molecule has 0 aliphatic carbocycles. The second-order valence-corrected chi connectivity index (χ2v) is 9.73. The Morgan fingerprint density at radius 1 is 1.41 bits per heavy atom. The van der Waals surface area contributed by atoms with Crippen LogP contribution in [0.3, 0.4) is 0 Å². The van der Waals surface area contributed by atoms with E-state index in [1.165, 1.54) is 14.0 Å². The molecule has 1 N–H and O–H groups in total. The Kier molecular flexibility index (Phi) is 4.47. The van der Waals surface area contributed by atoms with Crippen molar-refractivity contribution in [2.75, 3.05) is 7.11 Å². The van der Waals surface area contributed by atoms with E-state index in [0.29, 0.717) is 0 Å². The predicted octanol–water partition coefficient (Wildman–Crippen LogP) is 1.09. The minimum absolute atomic E-state index is 0.0435. The zero-order valence-corrected chi connectivity index (χ0v) is 14.5. The Bertz CT molecular complexity index is 668. The summed E-state index contributed by atoms with van der Waals surface area (Å²) in [5.41, 5.74) is -0.449. The van der Waals surface area contributed by atoms with Gasteiger partial charge in [-0.1, -0.05) is 34.8 Å². The van der Waals surface area contributed by atoms with Gasteiger partial charge in [0.25, 0.3) is 5.91 Å². The number of carboxylic acid groups (broad SMARTS) is 1. The number of ether oxygens (including phenoxy) is 1. The van der Waals surface area contributed by atoms with Gasteiger partial charge in [0.2, 0.25) is 0 Å². The van der Waals surface area contributed by atoms with Crippen LogP contribution in [0.1, 0.15) is 13.3 Å². The van der Waals surface area contributed by atoms with Gasteiger partial charge in [-0.2, -0.15) is 0 Å². The summed E-state index contributed by atoms with van der Waals surface area (Å²) in [6.07, 6.45) is -1.68. The fourth-order valence-corrected chi connectivity index (χ4v) is 5.96. The average Bonchev–Trinajstić information content (AvgIpc) is 2.35. The molecule has 1 saturated heterocycles. The molecule has 1 fully saturated rings. The number of alkyl halides is 3. The first-order chi connectivity index (χ1) is 9.93. The molecular formula is C11H12Cl3NO6S. The number of rotatable bonds is 3. The number of fused-ring (bicyclic) bond motifs is 1. The van der Waals surface area contributed by atoms with E-state index in [4.69, 9.17) is 39.5 Å². The molecule has 0 saturated carbocycles. The van der Waals surface area contributed by atoms with E-state index in [1.54, 1.807) is 0 Å². The smallest absolute Gasteiger partial charge is 0.352 e. The van der Waals surface area contributed by atoms with E-state index in [1.807, 2.05) is 0 Å². The van der Waals surface area contributed by atoms with E-state index < -0.39 is 54.4 Å². The van der Waals surface area contributed by atoms with Gasteiger partial charge < -0.3 is 9.84 Å². The maximum absolute atomic E-state index is 12.7. The summed E-state index contributed by atoms with van der Waals surface area (Å²) in [6.45, 7) is 1.30. The number of nitrogens with zero attached hydrogens (tertiary/aromatic N) is 1. The van der Waals surface area contributed by atoms with Gasteiger partial charge >= 0.3 is 5.97 Å². The highest BCUT2D eigenvalue weighted by Crippen LogP contribution is 2.45. The molecule has 0 aromatic heterocycles. The first-order valence-corrected chi connectivity index (χ1v) is 8.77. The Hall–Kier alpha value is -0.540. The molecule has 0 spiro atoms. The van der Waals surface area contributed by atoms with Crippen LogP contribution in [0.2, 0.25) is 0 Å². The molecule has 0 aromatic rings. The molecule has 2 aliphatic heterocycles. The van der Waals surface area contributed by atoms with Crippen molar-refractivity contribution >= 4 is 56.5 Å². The lowest BCUT2D eigenvalue weighted by Gasteiger charge is -2.50. The van der Waals surface area contributed by atoms with Gasteiger partial charge in [0.1, 0.15) is 5.70 Å². The number of methoxy groups -OCH3 is 1. The first kappa shape index (κ1) is 17.8. The van der Waals surface area contributed by atoms with Crippen LogP contribution >= 0.6 is 34.8 Å². The summed E-state index contributed by atoms with van der Waals surface area (Å²) in [5, 5.41) is 6.57. The number of sulfone groups is 1. The van der Waals surface area contributed by atoms with Crippen molar-refractivity contribution in [1.29, 1.82) is 0 Å². The van der Waals surface area contributed by atoms with Gasteiger partial charge in [0, 0.05) is 13.5 Å². The highest BCUT2D eigenvalue weighted by Gasteiger charge is 2.63. The average molecular weight is 393 g/mol. The van der Waals surface area contributed by atoms with E-state index in [0.717, 1.165) is 4.90 Å². The Morgan fingerprint density at radius 2 is 1.95 bits per heavy atom. The number of aliphatic carboxylic acids is 1. The number of carboxylic acids is 1. The SMILES string of the molecule is CO[C@H]1C(=O)N2C(C(=O)O)=C(C)C(CC(Cl)(Cl)Cl)S(=O)(=O)[C@@H]12. The topological polar surface area (TPSA) is 101 Å². The second kappa shape index (κ2) is 5.52. The maximum Gasteiger partial charge on any atom is 0.352 e. The minimum Gasteiger partial charge on any atom is -0.477 e. The lowest BCUT2D eigenvalue weighted by molar-refractivity contribution is -0.162. The van der Waals surface area contributed by atoms with E-state index in [2.05, 4.69) is 0 Å². The quantitative estimate of drug-likeness (QED) is 0.570. The van der Waals surface area contributed by atoms with Crippen molar-refractivity contribution in [3.05, 3.63) is 11.3 Å². The van der Waals surface area contributed by atoms with Crippen molar-refractivity contribution in [3.8, 4) is 0 Å². The van der Waals surface area contributed by atoms with Crippen molar-refractivity contribution in [2.45, 2.75) is 33.9 Å². The van der Waals surface area contributed by atoms with Crippen molar-refractivity contribution in [1.82, 2.24) is 4.90 Å². The molecule has 0 radical (unpaired) electrons. The predicted molar refractivity (Wildman–Crippen MR) is 79.4 cm³/mol. The molecule has 0 bridgehead atoms. The van der Waals surface area contributed by atoms with Crippen molar-refractivity contribution < 1.29 is 27.9 Å². The van der Waals surface area contributed by atoms with Gasteiger partial charge in [0.05, 0.1) is 5.25 Å². The molecule has 3 atom stereocenters. The third-order valence-electron chi connectivity index (χ3n) is 3.70. The minimum atomic E-state index is -4.00. The van der Waals surface area contributed by atoms with Gasteiger partial charge in [-0.05, 0) is 12.5 Å². The largest absolute Gasteiger partial charge is 0.477 e. The van der Waals surface area contributed by atoms with Crippen LogP contribution in [0.15, 0.2) is 11.3 Å². The molecule has 1 amide bonds. The number of halogens is 3.